The Morgan fingerprint density at radius 2 is 2.06 bits per heavy atom. The van der Waals surface area contributed by atoms with E-state index in [0.29, 0.717) is 22.8 Å². The standard InChI is InChI=1S/C14H11ClN2O/c15-12-5-4-11(8-16)14(7-12)17-9-10-2-1-3-13(18)6-10/h1-7,17-18H,9H2. The maximum Gasteiger partial charge on any atom is 0.115 e. The van der Waals surface area contributed by atoms with E-state index in [1.807, 2.05) is 6.07 Å². The second-order valence-corrected chi connectivity index (χ2v) is 4.26. The SMILES string of the molecule is N#Cc1ccc(Cl)cc1NCc1cccc(O)c1. The molecule has 0 unspecified atom stereocenters. The van der Waals surface area contributed by atoms with Gasteiger partial charge in [-0.1, -0.05) is 23.7 Å². The third-order valence-electron chi connectivity index (χ3n) is 2.50. The second kappa shape index (κ2) is 5.44. The quantitative estimate of drug-likeness (QED) is 0.886. The Labute approximate surface area is 110 Å². The molecule has 0 fully saturated rings. The molecule has 0 aromatic heterocycles. The number of halogens is 1. The smallest absolute Gasteiger partial charge is 0.115 e. The van der Waals surface area contributed by atoms with E-state index in [2.05, 4.69) is 11.4 Å². The minimum Gasteiger partial charge on any atom is -0.508 e. The van der Waals surface area contributed by atoms with Crippen LogP contribution >= 0.6 is 11.6 Å². The summed E-state index contributed by atoms with van der Waals surface area (Å²) in [5, 5.41) is 22.0. The molecule has 2 aromatic carbocycles. The largest absolute Gasteiger partial charge is 0.508 e. The molecule has 0 aliphatic rings. The number of phenolic OH excluding ortho intramolecular Hbond substituents is 1. The van der Waals surface area contributed by atoms with E-state index in [1.54, 1.807) is 36.4 Å². The first-order valence-electron chi connectivity index (χ1n) is 5.40. The molecule has 2 rings (SSSR count). The van der Waals surface area contributed by atoms with E-state index in [0.717, 1.165) is 5.56 Å². The molecule has 0 atom stereocenters. The van der Waals surface area contributed by atoms with E-state index in [1.165, 1.54) is 0 Å². The van der Waals surface area contributed by atoms with Crippen LogP contribution in [0, 0.1) is 11.3 Å². The lowest BCUT2D eigenvalue weighted by molar-refractivity contribution is 0.474. The maximum atomic E-state index is 9.35. The van der Waals surface area contributed by atoms with Gasteiger partial charge < -0.3 is 10.4 Å². The van der Waals surface area contributed by atoms with Gasteiger partial charge in [0.2, 0.25) is 0 Å². The van der Waals surface area contributed by atoms with Gasteiger partial charge in [-0.2, -0.15) is 5.26 Å². The van der Waals surface area contributed by atoms with Crippen molar-refractivity contribution in [2.24, 2.45) is 0 Å². The lowest BCUT2D eigenvalue weighted by Crippen LogP contribution is -2.01. The van der Waals surface area contributed by atoms with Crippen LogP contribution in [0.5, 0.6) is 5.75 Å². The first-order valence-corrected chi connectivity index (χ1v) is 5.78. The Kier molecular flexibility index (Phi) is 3.71. The third-order valence-corrected chi connectivity index (χ3v) is 2.73. The fourth-order valence-corrected chi connectivity index (χ4v) is 1.80. The third kappa shape index (κ3) is 2.93. The number of nitrogens with one attached hydrogen (secondary N) is 1. The number of rotatable bonds is 3. The molecule has 90 valence electrons. The molecule has 0 saturated heterocycles. The molecule has 2 N–H and O–H groups in total. The highest BCUT2D eigenvalue weighted by atomic mass is 35.5. The molecule has 0 radical (unpaired) electrons. The highest BCUT2D eigenvalue weighted by molar-refractivity contribution is 6.30. The lowest BCUT2D eigenvalue weighted by atomic mass is 10.1. The van der Waals surface area contributed by atoms with Gasteiger partial charge in [0.15, 0.2) is 0 Å². The molecule has 2 aromatic rings. The van der Waals surface area contributed by atoms with E-state index >= 15 is 0 Å². The van der Waals surface area contributed by atoms with Crippen LogP contribution in [0.4, 0.5) is 5.69 Å². The minimum atomic E-state index is 0.223. The summed E-state index contributed by atoms with van der Waals surface area (Å²) in [4.78, 5) is 0. The van der Waals surface area contributed by atoms with Crippen molar-refractivity contribution in [2.45, 2.75) is 6.54 Å². The molecule has 4 heteroatoms. The fourth-order valence-electron chi connectivity index (χ4n) is 1.62. The van der Waals surface area contributed by atoms with E-state index in [-0.39, 0.29) is 5.75 Å². The molecule has 0 amide bonds. The molecular formula is C14H11ClN2O. The van der Waals surface area contributed by atoms with Crippen LogP contribution in [0.2, 0.25) is 5.02 Å². The number of benzene rings is 2. The zero-order valence-electron chi connectivity index (χ0n) is 9.52. The minimum absolute atomic E-state index is 0.223. The number of nitrogens with zero attached hydrogens (tertiary/aromatic N) is 1. The van der Waals surface area contributed by atoms with Gasteiger partial charge in [0.05, 0.1) is 11.3 Å². The van der Waals surface area contributed by atoms with Gasteiger partial charge in [0.1, 0.15) is 11.8 Å². The Morgan fingerprint density at radius 3 is 2.78 bits per heavy atom. The summed E-state index contributed by atoms with van der Waals surface area (Å²) in [7, 11) is 0. The van der Waals surface area contributed by atoms with Gasteiger partial charge in [-0.25, -0.2) is 0 Å². The Bertz CT molecular complexity index is 605. The Balaban J connectivity index is 2.15. The Morgan fingerprint density at radius 1 is 1.22 bits per heavy atom. The Hall–Kier alpha value is -2.18. The normalized spacial score (nSPS) is 9.78. The van der Waals surface area contributed by atoms with Crippen molar-refractivity contribution in [1.82, 2.24) is 0 Å². The van der Waals surface area contributed by atoms with Crippen molar-refractivity contribution in [3.05, 3.63) is 58.6 Å². The van der Waals surface area contributed by atoms with Crippen molar-refractivity contribution in [3.8, 4) is 11.8 Å². The number of phenols is 1. The van der Waals surface area contributed by atoms with E-state index in [4.69, 9.17) is 16.9 Å². The summed E-state index contributed by atoms with van der Waals surface area (Å²) in [6, 6.07) is 14.1. The van der Waals surface area contributed by atoms with Gasteiger partial charge in [-0.3, -0.25) is 0 Å². The summed E-state index contributed by atoms with van der Waals surface area (Å²) in [5.74, 6) is 0.223. The van der Waals surface area contributed by atoms with Gasteiger partial charge in [-0.15, -0.1) is 0 Å². The van der Waals surface area contributed by atoms with Crippen LogP contribution in [-0.4, -0.2) is 5.11 Å². The summed E-state index contributed by atoms with van der Waals surface area (Å²) in [6.07, 6.45) is 0. The number of nitriles is 1. The summed E-state index contributed by atoms with van der Waals surface area (Å²) < 4.78 is 0. The van der Waals surface area contributed by atoms with E-state index < -0.39 is 0 Å². The number of hydrogen-bond donors (Lipinski definition) is 2. The van der Waals surface area contributed by atoms with E-state index in [9.17, 15) is 5.11 Å². The van der Waals surface area contributed by atoms with Crippen molar-refractivity contribution < 1.29 is 5.11 Å². The van der Waals surface area contributed by atoms with Gasteiger partial charge in [0.25, 0.3) is 0 Å². The molecule has 0 bridgehead atoms. The lowest BCUT2D eigenvalue weighted by Gasteiger charge is -2.09. The molecule has 0 heterocycles. The van der Waals surface area contributed by atoms with Crippen molar-refractivity contribution in [3.63, 3.8) is 0 Å². The number of anilines is 1. The molecule has 18 heavy (non-hydrogen) atoms. The number of hydrogen-bond acceptors (Lipinski definition) is 3. The predicted molar refractivity (Wildman–Crippen MR) is 71.6 cm³/mol. The maximum absolute atomic E-state index is 9.35. The van der Waals surface area contributed by atoms with Crippen LogP contribution < -0.4 is 5.32 Å². The average Bonchev–Trinajstić information content (AvgIpc) is 2.37. The first kappa shape index (κ1) is 12.3. The molecule has 0 spiro atoms. The van der Waals surface area contributed by atoms with Crippen LogP contribution in [0.1, 0.15) is 11.1 Å². The topological polar surface area (TPSA) is 56.0 Å². The van der Waals surface area contributed by atoms with Crippen LogP contribution in [0.25, 0.3) is 0 Å². The van der Waals surface area contributed by atoms with Crippen LogP contribution in [0.3, 0.4) is 0 Å². The van der Waals surface area contributed by atoms with Crippen molar-refractivity contribution in [1.29, 1.82) is 5.26 Å². The molecule has 0 aliphatic heterocycles. The van der Waals surface area contributed by atoms with Crippen LogP contribution in [0.15, 0.2) is 42.5 Å². The number of aromatic hydroxyl groups is 1. The van der Waals surface area contributed by atoms with Crippen molar-refractivity contribution in [2.75, 3.05) is 5.32 Å². The monoisotopic (exact) mass is 258 g/mol. The molecule has 0 saturated carbocycles. The van der Waals surface area contributed by atoms with Gasteiger partial charge >= 0.3 is 0 Å². The predicted octanol–water partition coefficient (Wildman–Crippen LogP) is 3.53. The summed E-state index contributed by atoms with van der Waals surface area (Å²) in [5.41, 5.74) is 2.16. The summed E-state index contributed by atoms with van der Waals surface area (Å²) in [6.45, 7) is 0.517. The zero-order valence-corrected chi connectivity index (χ0v) is 10.3. The molecule has 0 aliphatic carbocycles. The van der Waals surface area contributed by atoms with Crippen molar-refractivity contribution >= 4 is 17.3 Å². The average molecular weight is 259 g/mol. The van der Waals surface area contributed by atoms with Gasteiger partial charge in [0, 0.05) is 11.6 Å². The first-order chi connectivity index (χ1) is 8.69. The second-order valence-electron chi connectivity index (χ2n) is 3.83. The van der Waals surface area contributed by atoms with Gasteiger partial charge in [-0.05, 0) is 35.9 Å². The molecular weight excluding hydrogens is 248 g/mol. The molecule has 3 nitrogen and oxygen atoms in total. The highest BCUT2D eigenvalue weighted by Crippen LogP contribution is 2.21. The highest BCUT2D eigenvalue weighted by Gasteiger charge is 2.03. The fraction of sp³-hybridized carbons (Fsp3) is 0.0714. The zero-order chi connectivity index (χ0) is 13.0. The summed E-state index contributed by atoms with van der Waals surface area (Å²) >= 11 is 5.89. The van der Waals surface area contributed by atoms with Crippen LogP contribution in [-0.2, 0) is 6.54 Å².